The van der Waals surface area contributed by atoms with Crippen molar-refractivity contribution in [2.75, 3.05) is 7.11 Å². The summed E-state index contributed by atoms with van der Waals surface area (Å²) in [6.45, 7) is 15.4. The first-order valence-corrected chi connectivity index (χ1v) is 21.4. The summed E-state index contributed by atoms with van der Waals surface area (Å²) in [7, 11) is 1.56. The predicted octanol–water partition coefficient (Wildman–Crippen LogP) is 11.7. The van der Waals surface area contributed by atoms with E-state index in [4.69, 9.17) is 14.2 Å². The maximum atomic E-state index is 13.2. The summed E-state index contributed by atoms with van der Waals surface area (Å²) in [4.78, 5) is 38.9. The number of para-hydroxylation sites is 1. The van der Waals surface area contributed by atoms with E-state index in [0.717, 1.165) is 16.7 Å². The third-order valence-electron chi connectivity index (χ3n) is 9.59. The summed E-state index contributed by atoms with van der Waals surface area (Å²) < 4.78 is 16.2. The largest absolute Gasteiger partial charge is 0.496 e. The molecule has 0 saturated heterocycles. The van der Waals surface area contributed by atoms with Crippen LogP contribution in [-0.2, 0) is 9.53 Å². The molecule has 302 valence electrons. The average molecular weight is 1030 g/mol. The molecule has 1 aliphatic carbocycles. The van der Waals surface area contributed by atoms with Crippen LogP contribution >= 0.6 is 63.7 Å². The van der Waals surface area contributed by atoms with Crippen LogP contribution in [0.3, 0.4) is 0 Å². The van der Waals surface area contributed by atoms with Crippen molar-refractivity contribution in [3.05, 3.63) is 124 Å². The fourth-order valence-corrected chi connectivity index (χ4v) is 8.44. The monoisotopic (exact) mass is 1030 g/mol. The molecule has 4 aromatic carbocycles. The highest BCUT2D eigenvalue weighted by Crippen LogP contribution is 2.66. The van der Waals surface area contributed by atoms with Crippen molar-refractivity contribution in [1.29, 1.82) is 5.26 Å². The number of rotatable bonds is 9. The van der Waals surface area contributed by atoms with Gasteiger partial charge in [0.1, 0.15) is 25.5 Å². The summed E-state index contributed by atoms with van der Waals surface area (Å²) in [6, 6.07) is 29.4. The first-order valence-electron chi connectivity index (χ1n) is 18.1. The SMILES string of the molecule is CC1(C)[C@H](C(=O)O[C@H](C#N)c2cccc(Oc3ccccc3)c2)[C@@H]1C(Br)C(Br)(Br)Br.COc1cccc(C(=O)NN(C(=O)c2cc(C)cc(C)c2)C(C)(C)C)c1C. The highest BCUT2D eigenvalue weighted by atomic mass is 80.0. The summed E-state index contributed by atoms with van der Waals surface area (Å²) in [5.74, 6) is 0.611. The predicted molar refractivity (Wildman–Crippen MR) is 237 cm³/mol. The van der Waals surface area contributed by atoms with Gasteiger partial charge in [-0.25, -0.2) is 5.01 Å². The number of nitrogens with one attached hydrogen (secondary N) is 1. The molecule has 1 aliphatic rings. The molecule has 1 saturated carbocycles. The lowest BCUT2D eigenvalue weighted by Gasteiger charge is -2.35. The number of nitriles is 1. The number of nitrogens with zero attached hydrogens (tertiary/aromatic N) is 2. The van der Waals surface area contributed by atoms with Crippen molar-refractivity contribution < 1.29 is 28.6 Å². The lowest BCUT2D eigenvalue weighted by atomic mass is 10.0. The zero-order valence-corrected chi connectivity index (χ0v) is 39.7. The van der Waals surface area contributed by atoms with Gasteiger partial charge in [-0.15, -0.1) is 0 Å². The summed E-state index contributed by atoms with van der Waals surface area (Å²) in [5, 5.41) is 11.0. The Labute approximate surface area is 369 Å². The Morgan fingerprint density at radius 1 is 0.860 bits per heavy atom. The first kappa shape index (κ1) is 46.0. The van der Waals surface area contributed by atoms with Gasteiger partial charge in [-0.05, 0) is 101 Å². The topological polar surface area (TPSA) is 118 Å². The number of amides is 2. The molecule has 4 atom stereocenters. The molecule has 57 heavy (non-hydrogen) atoms. The Bertz CT molecular complexity index is 2100. The number of alkyl halides is 4. The number of halogens is 4. The maximum absolute atomic E-state index is 13.2. The third kappa shape index (κ3) is 11.7. The number of benzene rings is 4. The minimum Gasteiger partial charge on any atom is -0.496 e. The molecule has 4 aromatic rings. The van der Waals surface area contributed by atoms with Crippen LogP contribution in [0, 0.1) is 49.4 Å². The molecule has 0 aliphatic heterocycles. The van der Waals surface area contributed by atoms with E-state index in [1.807, 2.05) is 104 Å². The summed E-state index contributed by atoms with van der Waals surface area (Å²) in [6.07, 6.45) is -1.01. The van der Waals surface area contributed by atoms with Crippen molar-refractivity contribution in [3.8, 4) is 23.3 Å². The minimum absolute atomic E-state index is 0.0233. The van der Waals surface area contributed by atoms with Crippen molar-refractivity contribution in [2.45, 2.75) is 74.0 Å². The fraction of sp³-hybridized carbons (Fsp3) is 0.364. The molecular formula is C44H47Br4N3O6. The van der Waals surface area contributed by atoms with Crippen LogP contribution in [-0.4, -0.2) is 42.4 Å². The number of hydrazine groups is 1. The van der Waals surface area contributed by atoms with E-state index in [0.29, 0.717) is 33.9 Å². The Balaban J connectivity index is 0.000000254. The van der Waals surface area contributed by atoms with Crippen LogP contribution in [0.25, 0.3) is 0 Å². The summed E-state index contributed by atoms with van der Waals surface area (Å²) >= 11 is 14.2. The number of aryl methyl sites for hydroxylation is 2. The molecule has 13 heteroatoms. The first-order chi connectivity index (χ1) is 26.6. The quantitative estimate of drug-likeness (QED) is 0.101. The van der Waals surface area contributed by atoms with E-state index in [1.165, 1.54) is 5.01 Å². The second kappa shape index (κ2) is 18.9. The smallest absolute Gasteiger partial charge is 0.311 e. The van der Waals surface area contributed by atoms with Gasteiger partial charge in [-0.1, -0.05) is 131 Å². The number of ether oxygens (including phenoxy) is 3. The molecule has 5 rings (SSSR count). The number of carbonyl (C=O) groups excluding carboxylic acids is 3. The normalized spacial score (nSPS) is 16.7. The molecule has 1 fully saturated rings. The van der Waals surface area contributed by atoms with Crippen molar-refractivity contribution in [1.82, 2.24) is 10.4 Å². The number of methoxy groups -OCH3 is 1. The van der Waals surface area contributed by atoms with Crippen LogP contribution in [0.15, 0.2) is 91.0 Å². The van der Waals surface area contributed by atoms with Gasteiger partial charge in [0.05, 0.1) is 23.4 Å². The lowest BCUT2D eigenvalue weighted by Crippen LogP contribution is -2.56. The van der Waals surface area contributed by atoms with Gasteiger partial charge in [0, 0.05) is 22.3 Å². The van der Waals surface area contributed by atoms with Crippen molar-refractivity contribution in [3.63, 3.8) is 0 Å². The van der Waals surface area contributed by atoms with Gasteiger partial charge in [0.15, 0.2) is 0 Å². The van der Waals surface area contributed by atoms with Crippen LogP contribution < -0.4 is 14.9 Å². The lowest BCUT2D eigenvalue weighted by molar-refractivity contribution is -0.149. The highest BCUT2D eigenvalue weighted by Gasteiger charge is 2.67. The Kier molecular flexibility index (Phi) is 15.3. The van der Waals surface area contributed by atoms with Gasteiger partial charge in [-0.3, -0.25) is 19.8 Å². The Hall–Kier alpha value is -3.70. The van der Waals surface area contributed by atoms with Gasteiger partial charge in [-0.2, -0.15) is 5.26 Å². The zero-order chi connectivity index (χ0) is 42.5. The van der Waals surface area contributed by atoms with Crippen molar-refractivity contribution >= 4 is 81.5 Å². The van der Waals surface area contributed by atoms with E-state index in [2.05, 4.69) is 75.2 Å². The second-order valence-electron chi connectivity index (χ2n) is 15.5. The second-order valence-corrected chi connectivity index (χ2v) is 23.4. The maximum Gasteiger partial charge on any atom is 0.311 e. The highest BCUT2D eigenvalue weighted by molar-refractivity contribution is 9.40. The molecular weight excluding hydrogens is 986 g/mol. The van der Waals surface area contributed by atoms with Gasteiger partial charge < -0.3 is 14.2 Å². The Morgan fingerprint density at radius 2 is 1.46 bits per heavy atom. The molecule has 1 unspecified atom stereocenters. The standard InChI is InChI=1S/C22H19Br4NO3.C22H28N2O3/c1-21(2)17(19(23)22(24,25)26)18(21)20(28)30-16(12-27)13-7-6-10-15(11-13)29-14-8-4-3-5-9-14;1-14-11-15(2)13-17(12-14)21(26)24(22(4,5)6)23-20(25)18-9-8-10-19(27-7)16(18)3/h3-11,16-19H,1-2H3;8-13H,1-7H3,(H,23,25)/t16-,17-,18+,19?;/m1./s1. The van der Waals surface area contributed by atoms with E-state index < -0.39 is 13.8 Å². The molecule has 9 nitrogen and oxygen atoms in total. The number of carbonyl (C=O) groups is 3. The number of hydrogen-bond acceptors (Lipinski definition) is 7. The van der Waals surface area contributed by atoms with Gasteiger partial charge in [0.2, 0.25) is 6.10 Å². The summed E-state index contributed by atoms with van der Waals surface area (Å²) in [5.41, 5.74) is 6.25. The van der Waals surface area contributed by atoms with Crippen molar-refractivity contribution in [2.24, 2.45) is 17.3 Å². The molecule has 0 aromatic heterocycles. The molecule has 0 bridgehead atoms. The average Bonchev–Trinajstić information content (AvgIpc) is 3.72. The van der Waals surface area contributed by atoms with Crippen LogP contribution in [0.5, 0.6) is 17.2 Å². The van der Waals surface area contributed by atoms with E-state index >= 15 is 0 Å². The number of esters is 1. The zero-order valence-electron chi connectivity index (χ0n) is 33.3. The molecule has 0 radical (unpaired) electrons. The molecule has 2 amide bonds. The Morgan fingerprint density at radius 3 is 2.02 bits per heavy atom. The molecule has 0 heterocycles. The van der Waals surface area contributed by atoms with Gasteiger partial charge in [0.25, 0.3) is 11.8 Å². The van der Waals surface area contributed by atoms with Crippen LogP contribution in [0.4, 0.5) is 0 Å². The molecule has 0 spiro atoms. The fourth-order valence-electron chi connectivity index (χ4n) is 6.60. The van der Waals surface area contributed by atoms with Gasteiger partial charge >= 0.3 is 5.97 Å². The van der Waals surface area contributed by atoms with E-state index in [9.17, 15) is 19.6 Å². The minimum atomic E-state index is -1.01. The number of hydrogen-bond donors (Lipinski definition) is 1. The molecule has 1 N–H and O–H groups in total. The van der Waals surface area contributed by atoms with E-state index in [-0.39, 0.29) is 39.9 Å². The third-order valence-corrected chi connectivity index (χ3v) is 14.2. The van der Waals surface area contributed by atoms with E-state index in [1.54, 1.807) is 49.6 Å². The van der Waals surface area contributed by atoms with Crippen LogP contribution in [0.2, 0.25) is 0 Å². The van der Waals surface area contributed by atoms with Crippen LogP contribution in [0.1, 0.15) is 83.7 Å².